The summed E-state index contributed by atoms with van der Waals surface area (Å²) in [5.41, 5.74) is 0. The van der Waals surface area contributed by atoms with Gasteiger partial charge in [-0.2, -0.15) is 11.8 Å². The fourth-order valence-electron chi connectivity index (χ4n) is 0.495. The van der Waals surface area contributed by atoms with Crippen LogP contribution in [0.2, 0.25) is 5.82 Å². The van der Waals surface area contributed by atoms with E-state index in [1.54, 1.807) is 11.8 Å². The molecular formula is C6H11BS. The molecule has 0 spiro atoms. The van der Waals surface area contributed by atoms with E-state index in [0.717, 1.165) is 5.75 Å². The zero-order chi connectivity index (χ0) is 6.41. The topological polar surface area (TPSA) is 0 Å². The Bertz CT molecular complexity index is 70.9. The maximum atomic E-state index is 5.59. The molecule has 1 unspecified atom stereocenters. The highest BCUT2D eigenvalue weighted by molar-refractivity contribution is 7.98. The lowest BCUT2D eigenvalue weighted by molar-refractivity contribution is 1.22. The lowest BCUT2D eigenvalue weighted by Gasteiger charge is -1.99. The minimum absolute atomic E-state index is 0.245. The molecule has 0 aliphatic carbocycles. The normalized spacial score (nSPS) is 14.8. The Hall–Kier alpha value is 0.155. The predicted octanol–water partition coefficient (Wildman–Crippen LogP) is 1.88. The average Bonchev–Trinajstić information content (AvgIpc) is 1.68. The molecule has 2 radical (unpaired) electrons. The fourth-order valence-corrected chi connectivity index (χ4v) is 0.991. The van der Waals surface area contributed by atoms with Crippen LogP contribution in [0.15, 0.2) is 12.2 Å². The third-order valence-corrected chi connectivity index (χ3v) is 1.52. The van der Waals surface area contributed by atoms with Gasteiger partial charge in [-0.25, -0.2) is 0 Å². The van der Waals surface area contributed by atoms with Gasteiger partial charge < -0.3 is 0 Å². The molecule has 0 N–H and O–H groups in total. The molecule has 0 nitrogen and oxygen atoms in total. The maximum absolute atomic E-state index is 5.59. The second kappa shape index (κ2) is 5.29. The molecule has 0 aromatic heterocycles. The van der Waals surface area contributed by atoms with Crippen LogP contribution in [0.3, 0.4) is 0 Å². The third-order valence-electron chi connectivity index (χ3n) is 0.799. The van der Waals surface area contributed by atoms with Crippen LogP contribution < -0.4 is 0 Å². The van der Waals surface area contributed by atoms with E-state index in [0.29, 0.717) is 0 Å². The summed E-state index contributed by atoms with van der Waals surface area (Å²) in [6, 6.07) is 0. The summed E-state index contributed by atoms with van der Waals surface area (Å²) in [7, 11) is 5.59. The van der Waals surface area contributed by atoms with E-state index in [2.05, 4.69) is 6.26 Å². The zero-order valence-electron chi connectivity index (χ0n) is 5.42. The van der Waals surface area contributed by atoms with Gasteiger partial charge in [0.15, 0.2) is 0 Å². The highest BCUT2D eigenvalue weighted by Crippen LogP contribution is 2.07. The average molecular weight is 126 g/mol. The van der Waals surface area contributed by atoms with Gasteiger partial charge in [0.25, 0.3) is 0 Å². The van der Waals surface area contributed by atoms with Crippen molar-refractivity contribution < 1.29 is 0 Å². The van der Waals surface area contributed by atoms with Gasteiger partial charge in [-0.05, 0) is 18.9 Å². The van der Waals surface area contributed by atoms with Gasteiger partial charge in [-0.3, -0.25) is 0 Å². The SMILES string of the molecule is [B]C(/C=C/C)CSC. The van der Waals surface area contributed by atoms with Crippen molar-refractivity contribution in [3.63, 3.8) is 0 Å². The van der Waals surface area contributed by atoms with Crippen LogP contribution in [0, 0.1) is 0 Å². The van der Waals surface area contributed by atoms with Gasteiger partial charge in [-0.15, -0.1) is 0 Å². The summed E-state index contributed by atoms with van der Waals surface area (Å²) in [5.74, 6) is 1.26. The summed E-state index contributed by atoms with van der Waals surface area (Å²) < 4.78 is 0. The fraction of sp³-hybridized carbons (Fsp3) is 0.667. The van der Waals surface area contributed by atoms with Crippen molar-refractivity contribution in [2.75, 3.05) is 12.0 Å². The number of hydrogen-bond acceptors (Lipinski definition) is 1. The molecule has 0 aliphatic rings. The van der Waals surface area contributed by atoms with Crippen molar-refractivity contribution >= 4 is 19.6 Å². The van der Waals surface area contributed by atoms with Gasteiger partial charge in [0.05, 0.1) is 7.85 Å². The van der Waals surface area contributed by atoms with E-state index in [-0.39, 0.29) is 5.82 Å². The second-order valence-corrected chi connectivity index (χ2v) is 2.56. The Balaban J connectivity index is 3.17. The van der Waals surface area contributed by atoms with Gasteiger partial charge in [0, 0.05) is 0 Å². The van der Waals surface area contributed by atoms with Crippen molar-refractivity contribution in [3.8, 4) is 0 Å². The molecule has 2 heteroatoms. The lowest BCUT2D eigenvalue weighted by atomic mass is 9.89. The lowest BCUT2D eigenvalue weighted by Crippen LogP contribution is -1.89. The van der Waals surface area contributed by atoms with E-state index < -0.39 is 0 Å². The molecule has 0 aromatic rings. The van der Waals surface area contributed by atoms with Crippen molar-refractivity contribution in [1.82, 2.24) is 0 Å². The summed E-state index contributed by atoms with van der Waals surface area (Å²) in [6.07, 6.45) is 6.06. The Labute approximate surface area is 57.1 Å². The van der Waals surface area contributed by atoms with E-state index in [1.807, 2.05) is 19.1 Å². The van der Waals surface area contributed by atoms with E-state index >= 15 is 0 Å². The Morgan fingerprint density at radius 1 is 1.75 bits per heavy atom. The van der Waals surface area contributed by atoms with Crippen LogP contribution >= 0.6 is 11.8 Å². The molecule has 0 aromatic carbocycles. The van der Waals surface area contributed by atoms with Crippen LogP contribution in [0.25, 0.3) is 0 Å². The zero-order valence-corrected chi connectivity index (χ0v) is 6.24. The smallest absolute Gasteiger partial charge is 0.0766 e. The van der Waals surface area contributed by atoms with Gasteiger partial charge in [-0.1, -0.05) is 18.0 Å². The Morgan fingerprint density at radius 2 is 2.38 bits per heavy atom. The van der Waals surface area contributed by atoms with E-state index in [9.17, 15) is 0 Å². The second-order valence-electron chi connectivity index (χ2n) is 1.64. The van der Waals surface area contributed by atoms with Crippen LogP contribution in [-0.4, -0.2) is 19.9 Å². The largest absolute Gasteiger partial charge is 0.166 e. The van der Waals surface area contributed by atoms with E-state index in [4.69, 9.17) is 7.85 Å². The Morgan fingerprint density at radius 3 is 2.75 bits per heavy atom. The highest BCUT2D eigenvalue weighted by Gasteiger charge is 1.90. The standard InChI is InChI=1S/C6H11BS/c1-3-4-6(7)5-8-2/h3-4,6H,5H2,1-2H3/b4-3+. The molecule has 0 saturated heterocycles. The maximum Gasteiger partial charge on any atom is 0.0766 e. The quantitative estimate of drug-likeness (QED) is 0.411. The van der Waals surface area contributed by atoms with Crippen LogP contribution in [0.4, 0.5) is 0 Å². The van der Waals surface area contributed by atoms with Crippen LogP contribution in [0.5, 0.6) is 0 Å². The van der Waals surface area contributed by atoms with Gasteiger partial charge in [0.2, 0.25) is 0 Å². The summed E-state index contributed by atoms with van der Waals surface area (Å²) in [6.45, 7) is 1.99. The van der Waals surface area contributed by atoms with Crippen molar-refractivity contribution in [3.05, 3.63) is 12.2 Å². The van der Waals surface area contributed by atoms with Crippen molar-refractivity contribution in [2.45, 2.75) is 12.7 Å². The number of allylic oxidation sites excluding steroid dienone is 2. The van der Waals surface area contributed by atoms with Crippen LogP contribution in [-0.2, 0) is 0 Å². The monoisotopic (exact) mass is 126 g/mol. The summed E-state index contributed by atoms with van der Waals surface area (Å²) >= 11 is 1.77. The molecular weight excluding hydrogens is 115 g/mol. The minimum Gasteiger partial charge on any atom is -0.166 e. The summed E-state index contributed by atoms with van der Waals surface area (Å²) in [4.78, 5) is 0. The van der Waals surface area contributed by atoms with Crippen LogP contribution in [0.1, 0.15) is 6.92 Å². The molecule has 1 atom stereocenters. The molecule has 8 heavy (non-hydrogen) atoms. The van der Waals surface area contributed by atoms with E-state index in [1.165, 1.54) is 0 Å². The number of hydrogen-bond donors (Lipinski definition) is 0. The van der Waals surface area contributed by atoms with Gasteiger partial charge in [0.1, 0.15) is 0 Å². The summed E-state index contributed by atoms with van der Waals surface area (Å²) in [5, 5.41) is 0. The van der Waals surface area contributed by atoms with Gasteiger partial charge >= 0.3 is 0 Å². The molecule has 0 bridgehead atoms. The number of thioether (sulfide) groups is 1. The first kappa shape index (κ1) is 8.15. The highest BCUT2D eigenvalue weighted by atomic mass is 32.2. The first-order valence-electron chi connectivity index (χ1n) is 2.68. The molecule has 0 amide bonds. The minimum atomic E-state index is 0.245. The van der Waals surface area contributed by atoms with Crippen molar-refractivity contribution in [2.24, 2.45) is 0 Å². The number of rotatable bonds is 3. The first-order valence-corrected chi connectivity index (χ1v) is 4.08. The third kappa shape index (κ3) is 4.32. The van der Waals surface area contributed by atoms with Crippen molar-refractivity contribution in [1.29, 1.82) is 0 Å². The molecule has 0 saturated carbocycles. The predicted molar refractivity (Wildman–Crippen MR) is 42.7 cm³/mol. The first-order chi connectivity index (χ1) is 3.81. The molecule has 0 rings (SSSR count). The molecule has 0 fully saturated rings. The Kier molecular flexibility index (Phi) is 5.40. The molecule has 0 aliphatic heterocycles. The molecule has 0 heterocycles. The molecule has 44 valence electrons.